The van der Waals surface area contributed by atoms with Gasteiger partial charge in [0.05, 0.1) is 11.9 Å². The summed E-state index contributed by atoms with van der Waals surface area (Å²) in [5.41, 5.74) is 1.74. The predicted octanol–water partition coefficient (Wildman–Crippen LogP) is 3.31. The Morgan fingerprint density at radius 2 is 1.90 bits per heavy atom. The van der Waals surface area contributed by atoms with Gasteiger partial charge in [0, 0.05) is 23.5 Å². The number of nitrogens with zero attached hydrogens (tertiary/aromatic N) is 2. The second-order valence-corrected chi connectivity index (χ2v) is 5.02. The minimum Gasteiger partial charge on any atom is -0.308 e. The molecule has 1 aromatic carbocycles. The Morgan fingerprint density at radius 1 is 1.19 bits per heavy atom. The third kappa shape index (κ3) is 3.92. The number of aromatic nitrogens is 2. The number of rotatable bonds is 4. The van der Waals surface area contributed by atoms with Crippen LogP contribution in [0.5, 0.6) is 0 Å². The number of carbonyl (C=O) groups is 2. The van der Waals surface area contributed by atoms with Crippen molar-refractivity contribution >= 4 is 23.2 Å². The van der Waals surface area contributed by atoms with Crippen molar-refractivity contribution < 1.29 is 9.59 Å². The van der Waals surface area contributed by atoms with Gasteiger partial charge >= 0.3 is 6.03 Å². The molecule has 0 unspecified atom stereocenters. The lowest BCUT2D eigenvalue weighted by molar-refractivity contribution is 0.101. The number of hydrogen-bond donors (Lipinski definition) is 2. The van der Waals surface area contributed by atoms with E-state index in [-0.39, 0.29) is 17.9 Å². The molecule has 1 aromatic heterocycles. The average Bonchev–Trinajstić information content (AvgIpc) is 2.87. The molecule has 0 spiro atoms. The summed E-state index contributed by atoms with van der Waals surface area (Å²) < 4.78 is 1.76. The van der Waals surface area contributed by atoms with Crippen LogP contribution in [-0.2, 0) is 0 Å². The number of ketones is 1. The normalized spacial score (nSPS) is 10.5. The molecule has 0 bridgehead atoms. The van der Waals surface area contributed by atoms with E-state index in [1.165, 1.54) is 6.92 Å². The number of carbonyl (C=O) groups excluding carboxylic acids is 2. The highest BCUT2D eigenvalue weighted by molar-refractivity contribution is 6.01. The molecule has 21 heavy (non-hydrogen) atoms. The van der Waals surface area contributed by atoms with Crippen LogP contribution < -0.4 is 10.6 Å². The lowest BCUT2D eigenvalue weighted by atomic mass is 10.1. The van der Waals surface area contributed by atoms with E-state index >= 15 is 0 Å². The highest BCUT2D eigenvalue weighted by Crippen LogP contribution is 2.13. The van der Waals surface area contributed by atoms with Crippen LogP contribution in [0.1, 0.15) is 37.2 Å². The van der Waals surface area contributed by atoms with Gasteiger partial charge in [-0.25, -0.2) is 4.79 Å². The number of urea groups is 1. The van der Waals surface area contributed by atoms with Gasteiger partial charge in [-0.3, -0.25) is 9.48 Å². The number of benzene rings is 1. The first-order valence-electron chi connectivity index (χ1n) is 6.69. The highest BCUT2D eigenvalue weighted by atomic mass is 16.2. The second kappa shape index (κ2) is 6.21. The number of nitrogens with one attached hydrogen (secondary N) is 2. The predicted molar refractivity (Wildman–Crippen MR) is 81.7 cm³/mol. The lowest BCUT2D eigenvalue weighted by Crippen LogP contribution is -2.19. The van der Waals surface area contributed by atoms with Gasteiger partial charge in [0.2, 0.25) is 0 Å². The van der Waals surface area contributed by atoms with Crippen LogP contribution >= 0.6 is 0 Å². The third-order valence-electron chi connectivity index (χ3n) is 2.92. The van der Waals surface area contributed by atoms with Gasteiger partial charge in [0.25, 0.3) is 0 Å². The van der Waals surface area contributed by atoms with E-state index in [9.17, 15) is 9.59 Å². The van der Waals surface area contributed by atoms with Gasteiger partial charge in [-0.2, -0.15) is 5.10 Å². The molecule has 2 rings (SSSR count). The van der Waals surface area contributed by atoms with E-state index in [1.807, 2.05) is 13.8 Å². The first-order valence-corrected chi connectivity index (χ1v) is 6.69. The van der Waals surface area contributed by atoms with Crippen molar-refractivity contribution in [3.8, 4) is 0 Å². The first kappa shape index (κ1) is 14.8. The first-order chi connectivity index (χ1) is 9.95. The van der Waals surface area contributed by atoms with Crippen molar-refractivity contribution in [3.63, 3.8) is 0 Å². The molecule has 0 atom stereocenters. The van der Waals surface area contributed by atoms with Gasteiger partial charge in [-0.05, 0) is 32.9 Å². The molecule has 0 fully saturated rings. The Bertz CT molecular complexity index is 661. The molecule has 6 nitrogen and oxygen atoms in total. The van der Waals surface area contributed by atoms with Crippen LogP contribution in [0.4, 0.5) is 16.2 Å². The molecule has 0 saturated heterocycles. The molecule has 0 saturated carbocycles. The van der Waals surface area contributed by atoms with Crippen molar-refractivity contribution in [1.82, 2.24) is 9.78 Å². The molecule has 2 amide bonds. The molecular formula is C15H18N4O2. The largest absolute Gasteiger partial charge is 0.323 e. The minimum absolute atomic E-state index is 0.0442. The minimum atomic E-state index is -0.376. The molecule has 0 radical (unpaired) electrons. The van der Waals surface area contributed by atoms with E-state index in [0.29, 0.717) is 16.9 Å². The zero-order valence-corrected chi connectivity index (χ0v) is 12.3. The Morgan fingerprint density at radius 3 is 2.52 bits per heavy atom. The topological polar surface area (TPSA) is 76.0 Å². The van der Waals surface area contributed by atoms with Crippen molar-refractivity contribution in [2.24, 2.45) is 0 Å². The van der Waals surface area contributed by atoms with Gasteiger partial charge in [-0.15, -0.1) is 0 Å². The summed E-state index contributed by atoms with van der Waals surface area (Å²) in [6, 6.07) is 6.65. The Kier molecular flexibility index (Phi) is 4.37. The Balaban J connectivity index is 2.01. The van der Waals surface area contributed by atoms with E-state index < -0.39 is 0 Å². The number of amides is 2. The zero-order valence-electron chi connectivity index (χ0n) is 12.3. The van der Waals surface area contributed by atoms with Gasteiger partial charge in [0.1, 0.15) is 0 Å². The summed E-state index contributed by atoms with van der Waals surface area (Å²) in [6.45, 7) is 5.49. The maximum atomic E-state index is 11.9. The van der Waals surface area contributed by atoms with Crippen LogP contribution in [0, 0.1) is 0 Å². The van der Waals surface area contributed by atoms with Gasteiger partial charge in [0.15, 0.2) is 5.78 Å². The fourth-order valence-corrected chi connectivity index (χ4v) is 1.79. The van der Waals surface area contributed by atoms with Crippen LogP contribution in [0.3, 0.4) is 0 Å². The molecule has 1 heterocycles. The fraction of sp³-hybridized carbons (Fsp3) is 0.267. The Labute approximate surface area is 123 Å². The van der Waals surface area contributed by atoms with Gasteiger partial charge in [-0.1, -0.05) is 12.1 Å². The molecule has 0 aliphatic rings. The highest BCUT2D eigenvalue weighted by Gasteiger charge is 2.07. The van der Waals surface area contributed by atoms with Crippen LogP contribution in [0.25, 0.3) is 0 Å². The van der Waals surface area contributed by atoms with E-state index in [4.69, 9.17) is 0 Å². The summed E-state index contributed by atoms with van der Waals surface area (Å²) in [6.07, 6.45) is 3.35. The second-order valence-electron chi connectivity index (χ2n) is 5.02. The zero-order chi connectivity index (χ0) is 15.4. The van der Waals surface area contributed by atoms with E-state index in [0.717, 1.165) is 0 Å². The van der Waals surface area contributed by atoms with Crippen molar-refractivity contribution in [3.05, 3.63) is 42.2 Å². The monoisotopic (exact) mass is 286 g/mol. The van der Waals surface area contributed by atoms with E-state index in [2.05, 4.69) is 15.7 Å². The SMILES string of the molecule is CC(=O)c1cccc(NC(=O)Nc2cnn(C(C)C)c2)c1. The number of anilines is 2. The smallest absolute Gasteiger partial charge is 0.308 e. The molecule has 110 valence electrons. The molecule has 6 heteroatoms. The lowest BCUT2D eigenvalue weighted by Gasteiger charge is -2.07. The maximum Gasteiger partial charge on any atom is 0.323 e. The molecule has 0 aliphatic heterocycles. The number of Topliss-reactive ketones (excluding diaryl/α,β-unsaturated/α-hetero) is 1. The average molecular weight is 286 g/mol. The summed E-state index contributed by atoms with van der Waals surface area (Å²) >= 11 is 0. The molecule has 0 aliphatic carbocycles. The van der Waals surface area contributed by atoms with Crippen LogP contribution in [0.2, 0.25) is 0 Å². The maximum absolute atomic E-state index is 11.9. The van der Waals surface area contributed by atoms with Crippen molar-refractivity contribution in [1.29, 1.82) is 0 Å². The fourth-order valence-electron chi connectivity index (χ4n) is 1.79. The summed E-state index contributed by atoms with van der Waals surface area (Å²) in [5.74, 6) is -0.0442. The molecular weight excluding hydrogens is 268 g/mol. The Hall–Kier alpha value is -2.63. The molecule has 2 N–H and O–H groups in total. The number of hydrogen-bond acceptors (Lipinski definition) is 3. The summed E-state index contributed by atoms with van der Waals surface area (Å²) in [7, 11) is 0. The standard InChI is InChI=1S/C15H18N4O2/c1-10(2)19-9-14(8-16-19)18-15(21)17-13-6-4-5-12(7-13)11(3)20/h4-10H,1-3H3,(H2,17,18,21). The van der Waals surface area contributed by atoms with Crippen molar-refractivity contribution in [2.45, 2.75) is 26.8 Å². The summed E-state index contributed by atoms with van der Waals surface area (Å²) in [5, 5.41) is 9.52. The summed E-state index contributed by atoms with van der Waals surface area (Å²) in [4.78, 5) is 23.2. The third-order valence-corrected chi connectivity index (χ3v) is 2.92. The van der Waals surface area contributed by atoms with Crippen LogP contribution in [0.15, 0.2) is 36.7 Å². The van der Waals surface area contributed by atoms with Crippen LogP contribution in [-0.4, -0.2) is 21.6 Å². The van der Waals surface area contributed by atoms with Crippen molar-refractivity contribution in [2.75, 3.05) is 10.6 Å². The quantitative estimate of drug-likeness (QED) is 0.847. The van der Waals surface area contributed by atoms with Gasteiger partial charge < -0.3 is 10.6 Å². The van der Waals surface area contributed by atoms with E-state index in [1.54, 1.807) is 41.3 Å². The molecule has 2 aromatic rings.